The fourth-order valence-corrected chi connectivity index (χ4v) is 2.59. The van der Waals surface area contributed by atoms with Crippen LogP contribution in [0.2, 0.25) is 0 Å². The smallest absolute Gasteiger partial charge is 0.108 e. The minimum atomic E-state index is 0.0964. The van der Waals surface area contributed by atoms with Gasteiger partial charge < -0.3 is 15.2 Å². The predicted octanol–water partition coefficient (Wildman–Crippen LogP) is 1.78. The average molecular weight is 266 g/mol. The lowest BCUT2D eigenvalue weighted by atomic mass is 10.3. The lowest BCUT2D eigenvalue weighted by molar-refractivity contribution is 0.0907. The van der Waals surface area contributed by atoms with Gasteiger partial charge in [0.1, 0.15) is 5.01 Å². The first-order valence-electron chi connectivity index (χ1n) is 6.14. The molecule has 1 heterocycles. The molecule has 98 valence electrons. The van der Waals surface area contributed by atoms with E-state index in [0.29, 0.717) is 13.2 Å². The van der Waals surface area contributed by atoms with Crippen molar-refractivity contribution in [3.63, 3.8) is 0 Å². The number of para-hydroxylation sites is 1. The molecule has 4 nitrogen and oxygen atoms in total. The van der Waals surface area contributed by atoms with E-state index in [4.69, 9.17) is 9.84 Å². The van der Waals surface area contributed by atoms with Gasteiger partial charge in [-0.15, -0.1) is 11.3 Å². The fourth-order valence-electron chi connectivity index (χ4n) is 1.66. The number of aromatic nitrogens is 1. The van der Waals surface area contributed by atoms with Crippen LogP contribution < -0.4 is 5.32 Å². The van der Waals surface area contributed by atoms with Gasteiger partial charge in [0.25, 0.3) is 0 Å². The van der Waals surface area contributed by atoms with Crippen LogP contribution in [-0.4, -0.2) is 36.5 Å². The molecule has 0 saturated heterocycles. The molecule has 5 heteroatoms. The topological polar surface area (TPSA) is 54.4 Å². The number of aliphatic hydroxyl groups excluding tert-OH is 1. The van der Waals surface area contributed by atoms with Crippen LogP contribution in [0, 0.1) is 0 Å². The van der Waals surface area contributed by atoms with Crippen LogP contribution in [0.1, 0.15) is 11.4 Å². The minimum absolute atomic E-state index is 0.0964. The molecule has 0 amide bonds. The van der Waals surface area contributed by atoms with Crippen molar-refractivity contribution < 1.29 is 9.84 Å². The molecule has 0 bridgehead atoms. The normalized spacial score (nSPS) is 11.2. The largest absolute Gasteiger partial charge is 0.394 e. The third kappa shape index (κ3) is 4.03. The second-order valence-electron chi connectivity index (χ2n) is 3.94. The average Bonchev–Trinajstić information content (AvgIpc) is 2.80. The third-order valence-electron chi connectivity index (χ3n) is 2.49. The van der Waals surface area contributed by atoms with E-state index in [2.05, 4.69) is 16.4 Å². The molecule has 2 aromatic rings. The van der Waals surface area contributed by atoms with Crippen molar-refractivity contribution >= 4 is 21.6 Å². The number of rotatable bonds is 8. The van der Waals surface area contributed by atoms with Crippen molar-refractivity contribution in [3.05, 3.63) is 29.3 Å². The number of nitrogens with zero attached hydrogens (tertiary/aromatic N) is 1. The van der Waals surface area contributed by atoms with Gasteiger partial charge in [-0.05, 0) is 25.1 Å². The molecule has 0 spiro atoms. The molecule has 0 radical (unpaired) electrons. The summed E-state index contributed by atoms with van der Waals surface area (Å²) in [6, 6.07) is 8.19. The lowest BCUT2D eigenvalue weighted by Crippen LogP contribution is -2.16. The molecule has 0 saturated carbocycles. The van der Waals surface area contributed by atoms with Crippen LogP contribution in [0.4, 0.5) is 0 Å². The summed E-state index contributed by atoms with van der Waals surface area (Å²) in [6.45, 7) is 2.92. The first kappa shape index (κ1) is 13.4. The molecular weight excluding hydrogens is 248 g/mol. The van der Waals surface area contributed by atoms with Crippen LogP contribution in [0.3, 0.4) is 0 Å². The number of hydrogen-bond acceptors (Lipinski definition) is 5. The maximum Gasteiger partial charge on any atom is 0.108 e. The minimum Gasteiger partial charge on any atom is -0.394 e. The van der Waals surface area contributed by atoms with Crippen molar-refractivity contribution in [1.29, 1.82) is 0 Å². The molecule has 0 atom stereocenters. The quantitative estimate of drug-likeness (QED) is 0.715. The predicted molar refractivity (Wildman–Crippen MR) is 73.8 cm³/mol. The Morgan fingerprint density at radius 1 is 1.28 bits per heavy atom. The van der Waals surface area contributed by atoms with E-state index >= 15 is 0 Å². The number of fused-ring (bicyclic) bond motifs is 1. The van der Waals surface area contributed by atoms with Gasteiger partial charge in [-0.25, -0.2) is 4.98 Å². The van der Waals surface area contributed by atoms with Gasteiger partial charge in [-0.2, -0.15) is 0 Å². The zero-order valence-electron chi connectivity index (χ0n) is 10.3. The van der Waals surface area contributed by atoms with Gasteiger partial charge in [-0.1, -0.05) is 12.1 Å². The van der Waals surface area contributed by atoms with Crippen molar-refractivity contribution in [3.8, 4) is 0 Å². The van der Waals surface area contributed by atoms with Crippen LogP contribution in [-0.2, 0) is 11.3 Å². The second-order valence-corrected chi connectivity index (χ2v) is 5.06. The fraction of sp³-hybridized carbons (Fsp3) is 0.462. The number of aliphatic hydroxyl groups is 1. The second kappa shape index (κ2) is 7.43. The maximum absolute atomic E-state index is 8.54. The molecule has 1 aromatic carbocycles. The first-order chi connectivity index (χ1) is 8.90. The number of benzene rings is 1. The standard InChI is InChI=1S/C13H18N2O2S/c16-7-9-17-8-3-6-14-10-13-15-11-4-1-2-5-12(11)18-13/h1-2,4-5,14,16H,3,6-10H2. The SMILES string of the molecule is OCCOCCCNCc1nc2ccccc2s1. The van der Waals surface area contributed by atoms with E-state index < -0.39 is 0 Å². The highest BCUT2D eigenvalue weighted by molar-refractivity contribution is 7.18. The van der Waals surface area contributed by atoms with E-state index in [1.54, 1.807) is 11.3 Å². The first-order valence-corrected chi connectivity index (χ1v) is 6.95. The molecule has 0 aliphatic rings. The zero-order chi connectivity index (χ0) is 12.6. The van der Waals surface area contributed by atoms with Crippen LogP contribution in [0.25, 0.3) is 10.2 Å². The highest BCUT2D eigenvalue weighted by Crippen LogP contribution is 2.21. The van der Waals surface area contributed by atoms with Crippen molar-refractivity contribution in [2.24, 2.45) is 0 Å². The Bertz CT molecular complexity index is 440. The van der Waals surface area contributed by atoms with E-state index in [0.717, 1.165) is 30.0 Å². The highest BCUT2D eigenvalue weighted by atomic mass is 32.1. The molecule has 18 heavy (non-hydrogen) atoms. The highest BCUT2D eigenvalue weighted by Gasteiger charge is 2.01. The summed E-state index contributed by atoms with van der Waals surface area (Å²) in [4.78, 5) is 4.55. The van der Waals surface area contributed by atoms with Gasteiger partial charge in [0, 0.05) is 13.2 Å². The molecule has 2 rings (SSSR count). The zero-order valence-corrected chi connectivity index (χ0v) is 11.1. The van der Waals surface area contributed by atoms with Gasteiger partial charge in [-0.3, -0.25) is 0 Å². The van der Waals surface area contributed by atoms with Gasteiger partial charge in [0.2, 0.25) is 0 Å². The Kier molecular flexibility index (Phi) is 5.54. The van der Waals surface area contributed by atoms with Crippen molar-refractivity contribution in [2.75, 3.05) is 26.4 Å². The van der Waals surface area contributed by atoms with E-state index in [1.807, 2.05) is 18.2 Å². The number of thiazole rings is 1. The summed E-state index contributed by atoms with van der Waals surface area (Å²) in [5.74, 6) is 0. The van der Waals surface area contributed by atoms with Crippen molar-refractivity contribution in [2.45, 2.75) is 13.0 Å². The summed E-state index contributed by atoms with van der Waals surface area (Å²) in [5, 5.41) is 13.0. The van der Waals surface area contributed by atoms with E-state index in [9.17, 15) is 0 Å². The lowest BCUT2D eigenvalue weighted by Gasteiger charge is -2.03. The van der Waals surface area contributed by atoms with Gasteiger partial charge >= 0.3 is 0 Å². The molecule has 0 fully saturated rings. The van der Waals surface area contributed by atoms with Crippen molar-refractivity contribution in [1.82, 2.24) is 10.3 Å². The maximum atomic E-state index is 8.54. The third-order valence-corrected chi connectivity index (χ3v) is 3.53. The number of ether oxygens (including phenoxy) is 1. The molecule has 0 aliphatic heterocycles. The van der Waals surface area contributed by atoms with Crippen LogP contribution in [0.5, 0.6) is 0 Å². The Hall–Kier alpha value is -1.01. The summed E-state index contributed by atoms with van der Waals surface area (Å²) in [7, 11) is 0. The molecule has 2 N–H and O–H groups in total. The summed E-state index contributed by atoms with van der Waals surface area (Å²) >= 11 is 1.73. The summed E-state index contributed by atoms with van der Waals surface area (Å²) in [6.07, 6.45) is 0.949. The molecule has 1 aromatic heterocycles. The summed E-state index contributed by atoms with van der Waals surface area (Å²) < 4.78 is 6.42. The number of hydrogen-bond donors (Lipinski definition) is 2. The Labute approximate surface area is 111 Å². The van der Waals surface area contributed by atoms with E-state index in [1.165, 1.54) is 4.70 Å². The summed E-state index contributed by atoms with van der Waals surface area (Å²) in [5.41, 5.74) is 1.07. The monoisotopic (exact) mass is 266 g/mol. The Balaban J connectivity index is 1.67. The number of nitrogens with one attached hydrogen (secondary N) is 1. The van der Waals surface area contributed by atoms with Gasteiger partial charge in [0.05, 0.1) is 23.4 Å². The van der Waals surface area contributed by atoms with Crippen LogP contribution >= 0.6 is 11.3 Å². The molecule has 0 unspecified atom stereocenters. The Morgan fingerprint density at radius 3 is 3.00 bits per heavy atom. The molecule has 0 aliphatic carbocycles. The van der Waals surface area contributed by atoms with Gasteiger partial charge in [0.15, 0.2) is 0 Å². The Morgan fingerprint density at radius 2 is 2.17 bits per heavy atom. The van der Waals surface area contributed by atoms with Crippen LogP contribution in [0.15, 0.2) is 24.3 Å². The molecular formula is C13H18N2O2S. The van der Waals surface area contributed by atoms with E-state index in [-0.39, 0.29) is 6.61 Å².